The van der Waals surface area contributed by atoms with Crippen LogP contribution >= 0.6 is 11.6 Å². The van der Waals surface area contributed by atoms with Gasteiger partial charge in [0.15, 0.2) is 12.0 Å². The van der Waals surface area contributed by atoms with E-state index in [0.29, 0.717) is 12.4 Å². The number of ether oxygens (including phenoxy) is 4. The predicted octanol–water partition coefficient (Wildman–Crippen LogP) is 4.52. The molecule has 0 N–H and O–H groups in total. The van der Waals surface area contributed by atoms with Crippen LogP contribution in [0.2, 0.25) is 5.02 Å². The summed E-state index contributed by atoms with van der Waals surface area (Å²) in [6.07, 6.45) is 2.29. The topological polar surface area (TPSA) is 123 Å². The first-order valence-electron chi connectivity index (χ1n) is 9.20. The van der Waals surface area contributed by atoms with Crippen molar-refractivity contribution >= 4 is 23.0 Å². The number of nitro benzene ring substituents is 2. The third-order valence-electron chi connectivity index (χ3n) is 4.25. The zero-order chi connectivity index (χ0) is 21.5. The van der Waals surface area contributed by atoms with E-state index in [1.807, 2.05) is 0 Å². The zero-order valence-corrected chi connectivity index (χ0v) is 16.6. The zero-order valence-electron chi connectivity index (χ0n) is 15.8. The Morgan fingerprint density at radius 2 is 1.70 bits per heavy atom. The van der Waals surface area contributed by atoms with E-state index in [0.717, 1.165) is 19.3 Å². The van der Waals surface area contributed by atoms with E-state index in [1.54, 1.807) is 0 Å². The fraction of sp³-hybridized carbons (Fsp3) is 0.368. The van der Waals surface area contributed by atoms with E-state index >= 15 is 0 Å². The Hall–Kier alpha value is -3.11. The average molecular weight is 439 g/mol. The van der Waals surface area contributed by atoms with Crippen molar-refractivity contribution in [1.82, 2.24) is 0 Å². The van der Waals surface area contributed by atoms with Crippen LogP contribution in [0, 0.1) is 20.2 Å². The highest BCUT2D eigenvalue weighted by atomic mass is 35.5. The first-order valence-corrected chi connectivity index (χ1v) is 9.58. The molecule has 0 aromatic heterocycles. The van der Waals surface area contributed by atoms with Gasteiger partial charge in [0, 0.05) is 29.6 Å². The molecule has 0 radical (unpaired) electrons. The van der Waals surface area contributed by atoms with Crippen molar-refractivity contribution in [3.05, 3.63) is 61.6 Å². The van der Waals surface area contributed by atoms with Gasteiger partial charge in [0.05, 0.1) is 16.5 Å². The molecule has 30 heavy (non-hydrogen) atoms. The lowest BCUT2D eigenvalue weighted by molar-refractivity contribution is -0.386. The van der Waals surface area contributed by atoms with Gasteiger partial charge < -0.3 is 18.9 Å². The van der Waals surface area contributed by atoms with Gasteiger partial charge in [-0.2, -0.15) is 0 Å². The summed E-state index contributed by atoms with van der Waals surface area (Å²) in [5.74, 6) is 0.410. The Balaban J connectivity index is 1.63. The van der Waals surface area contributed by atoms with E-state index in [9.17, 15) is 20.2 Å². The van der Waals surface area contributed by atoms with Crippen molar-refractivity contribution in [2.24, 2.45) is 0 Å². The van der Waals surface area contributed by atoms with E-state index < -0.39 is 16.1 Å². The first-order chi connectivity index (χ1) is 14.4. The Bertz CT molecular complexity index is 917. The summed E-state index contributed by atoms with van der Waals surface area (Å²) in [5, 5.41) is 22.6. The van der Waals surface area contributed by atoms with Gasteiger partial charge in [0.25, 0.3) is 0 Å². The van der Waals surface area contributed by atoms with Gasteiger partial charge in [-0.25, -0.2) is 0 Å². The van der Waals surface area contributed by atoms with Gasteiger partial charge in [0.1, 0.15) is 19.0 Å². The van der Waals surface area contributed by atoms with Crippen LogP contribution in [0.5, 0.6) is 17.2 Å². The normalized spacial score (nSPS) is 16.0. The standard InChI is InChI=1S/C19H19ClN2O8/c20-13-4-7-17(16(11-13)22(25)26)27-9-10-28-18-12-14(5-6-15(18)21(23)24)30-19-3-1-2-8-29-19/h4-7,11-12,19H,1-3,8-10H2. The Morgan fingerprint density at radius 1 is 0.967 bits per heavy atom. The molecule has 0 aliphatic carbocycles. The third-order valence-corrected chi connectivity index (χ3v) is 4.48. The number of hydrogen-bond acceptors (Lipinski definition) is 8. The van der Waals surface area contributed by atoms with Gasteiger partial charge in [-0.3, -0.25) is 20.2 Å². The van der Waals surface area contributed by atoms with Gasteiger partial charge in [-0.05, 0) is 31.0 Å². The summed E-state index contributed by atoms with van der Waals surface area (Å²) >= 11 is 5.76. The highest BCUT2D eigenvalue weighted by Gasteiger charge is 2.20. The van der Waals surface area contributed by atoms with Crippen LogP contribution in [-0.2, 0) is 4.74 Å². The highest BCUT2D eigenvalue weighted by molar-refractivity contribution is 6.30. The van der Waals surface area contributed by atoms with E-state index in [1.165, 1.54) is 36.4 Å². The molecule has 0 spiro atoms. The fourth-order valence-corrected chi connectivity index (χ4v) is 3.01. The maximum atomic E-state index is 11.3. The number of nitrogens with zero attached hydrogens (tertiary/aromatic N) is 2. The molecule has 10 nitrogen and oxygen atoms in total. The molecule has 1 aliphatic heterocycles. The van der Waals surface area contributed by atoms with Crippen molar-refractivity contribution in [2.45, 2.75) is 25.6 Å². The number of nitro groups is 2. The molecule has 0 amide bonds. The van der Waals surface area contributed by atoms with E-state index in [-0.39, 0.29) is 41.1 Å². The molecule has 1 atom stereocenters. The van der Waals surface area contributed by atoms with Crippen LogP contribution in [0.4, 0.5) is 11.4 Å². The molecule has 160 valence electrons. The van der Waals surface area contributed by atoms with Crippen LogP contribution in [-0.4, -0.2) is 36.0 Å². The molecule has 2 aromatic carbocycles. The molecular weight excluding hydrogens is 420 g/mol. The van der Waals surface area contributed by atoms with Crippen LogP contribution < -0.4 is 14.2 Å². The van der Waals surface area contributed by atoms with Crippen LogP contribution in [0.25, 0.3) is 0 Å². The highest BCUT2D eigenvalue weighted by Crippen LogP contribution is 2.33. The molecule has 1 fully saturated rings. The number of benzene rings is 2. The molecule has 2 aromatic rings. The van der Waals surface area contributed by atoms with Crippen molar-refractivity contribution in [3.8, 4) is 17.2 Å². The number of hydrogen-bond donors (Lipinski definition) is 0. The van der Waals surface area contributed by atoms with Crippen molar-refractivity contribution in [3.63, 3.8) is 0 Å². The SMILES string of the molecule is O=[N+]([O-])c1ccc(OC2CCCCO2)cc1OCCOc1ccc(Cl)cc1[N+](=O)[O-]. The maximum Gasteiger partial charge on any atom is 0.312 e. The lowest BCUT2D eigenvalue weighted by atomic mass is 10.2. The minimum atomic E-state index is -0.610. The Morgan fingerprint density at radius 3 is 2.37 bits per heavy atom. The summed E-state index contributed by atoms with van der Waals surface area (Å²) < 4.78 is 22.1. The van der Waals surface area contributed by atoms with Gasteiger partial charge >= 0.3 is 11.4 Å². The third kappa shape index (κ3) is 5.71. The van der Waals surface area contributed by atoms with Crippen molar-refractivity contribution in [1.29, 1.82) is 0 Å². The molecule has 3 rings (SSSR count). The molecule has 0 bridgehead atoms. The molecule has 0 saturated carbocycles. The summed E-state index contributed by atoms with van der Waals surface area (Å²) in [4.78, 5) is 21.2. The second kappa shape index (κ2) is 10.1. The van der Waals surface area contributed by atoms with E-state index in [2.05, 4.69) is 0 Å². The maximum absolute atomic E-state index is 11.3. The molecule has 1 saturated heterocycles. The van der Waals surface area contributed by atoms with Crippen LogP contribution in [0.1, 0.15) is 19.3 Å². The second-order valence-corrected chi connectivity index (χ2v) is 6.80. The number of rotatable bonds is 9. The smallest absolute Gasteiger partial charge is 0.312 e. The van der Waals surface area contributed by atoms with Gasteiger partial charge in [-0.15, -0.1) is 0 Å². The molecule has 1 aliphatic rings. The lowest BCUT2D eigenvalue weighted by Crippen LogP contribution is -2.25. The molecule has 1 heterocycles. The molecule has 1 unspecified atom stereocenters. The number of halogens is 1. The first kappa shape index (κ1) is 21.6. The lowest BCUT2D eigenvalue weighted by Gasteiger charge is -2.23. The molecule has 11 heteroatoms. The molecular formula is C19H19ClN2O8. The minimum Gasteiger partial charge on any atom is -0.483 e. The summed E-state index contributed by atoms with van der Waals surface area (Å²) in [7, 11) is 0. The minimum absolute atomic E-state index is 0.00233. The fourth-order valence-electron chi connectivity index (χ4n) is 2.85. The largest absolute Gasteiger partial charge is 0.483 e. The van der Waals surface area contributed by atoms with E-state index in [4.69, 9.17) is 30.5 Å². The van der Waals surface area contributed by atoms with Crippen molar-refractivity contribution < 1.29 is 28.8 Å². The summed E-state index contributed by atoms with van der Waals surface area (Å²) in [6.45, 7) is 0.454. The van der Waals surface area contributed by atoms with Crippen molar-refractivity contribution in [2.75, 3.05) is 19.8 Å². The monoisotopic (exact) mass is 438 g/mol. The van der Waals surface area contributed by atoms with Crippen LogP contribution in [0.3, 0.4) is 0 Å². The average Bonchev–Trinajstić information content (AvgIpc) is 2.72. The summed E-state index contributed by atoms with van der Waals surface area (Å²) in [5.41, 5.74) is -0.513. The second-order valence-electron chi connectivity index (χ2n) is 6.37. The quantitative estimate of drug-likeness (QED) is 0.318. The van der Waals surface area contributed by atoms with Gasteiger partial charge in [0.2, 0.25) is 5.75 Å². The van der Waals surface area contributed by atoms with Crippen LogP contribution in [0.15, 0.2) is 36.4 Å². The summed E-state index contributed by atoms with van der Waals surface area (Å²) in [6, 6.07) is 8.21. The Kier molecular flexibility index (Phi) is 7.26. The Labute approximate surface area is 176 Å². The predicted molar refractivity (Wildman–Crippen MR) is 106 cm³/mol. The van der Waals surface area contributed by atoms with Gasteiger partial charge in [-0.1, -0.05) is 11.6 Å².